The van der Waals surface area contributed by atoms with Crippen molar-refractivity contribution in [3.63, 3.8) is 0 Å². The second-order valence-electron chi connectivity index (χ2n) is 4.94. The molecule has 0 saturated heterocycles. The molecule has 0 unspecified atom stereocenters. The van der Waals surface area contributed by atoms with Gasteiger partial charge in [0.15, 0.2) is 11.7 Å². The van der Waals surface area contributed by atoms with Gasteiger partial charge in [-0.1, -0.05) is 41.9 Å². The van der Waals surface area contributed by atoms with Crippen LogP contribution in [0.25, 0.3) is 11.3 Å². The molecule has 1 N–H and O–H groups in total. The third kappa shape index (κ3) is 3.91. The molecule has 0 aliphatic rings. The standard InChI is InChI=1S/C15H19BrN2O/c1-10(2)17-7-6-15-18-9-14(19-15)12-5-4-11(3)13(16)8-12/h4-5,8-10,17H,6-7H2,1-3H3. The largest absolute Gasteiger partial charge is 0.441 e. The van der Waals surface area contributed by atoms with Gasteiger partial charge in [0, 0.05) is 29.0 Å². The number of nitrogens with zero attached hydrogens (tertiary/aromatic N) is 1. The van der Waals surface area contributed by atoms with Crippen molar-refractivity contribution in [3.05, 3.63) is 40.3 Å². The van der Waals surface area contributed by atoms with Gasteiger partial charge in [-0.2, -0.15) is 0 Å². The molecule has 0 aliphatic carbocycles. The van der Waals surface area contributed by atoms with Crippen molar-refractivity contribution in [2.45, 2.75) is 33.2 Å². The summed E-state index contributed by atoms with van der Waals surface area (Å²) < 4.78 is 6.86. The lowest BCUT2D eigenvalue weighted by atomic mass is 10.1. The van der Waals surface area contributed by atoms with Gasteiger partial charge in [-0.25, -0.2) is 4.98 Å². The van der Waals surface area contributed by atoms with E-state index >= 15 is 0 Å². The zero-order valence-corrected chi connectivity index (χ0v) is 13.1. The van der Waals surface area contributed by atoms with E-state index in [1.807, 2.05) is 0 Å². The van der Waals surface area contributed by atoms with E-state index < -0.39 is 0 Å². The quantitative estimate of drug-likeness (QED) is 0.905. The Bertz CT molecular complexity index is 549. The van der Waals surface area contributed by atoms with Crippen LogP contribution in [0.3, 0.4) is 0 Å². The Labute approximate surface area is 122 Å². The number of rotatable bonds is 5. The topological polar surface area (TPSA) is 38.1 Å². The average molecular weight is 323 g/mol. The first-order chi connectivity index (χ1) is 9.06. The number of halogens is 1. The van der Waals surface area contributed by atoms with E-state index in [4.69, 9.17) is 4.42 Å². The van der Waals surface area contributed by atoms with Crippen LogP contribution in [0.15, 0.2) is 33.3 Å². The van der Waals surface area contributed by atoms with Gasteiger partial charge in [0.2, 0.25) is 0 Å². The molecule has 1 heterocycles. The summed E-state index contributed by atoms with van der Waals surface area (Å²) in [4.78, 5) is 4.32. The minimum atomic E-state index is 0.488. The summed E-state index contributed by atoms with van der Waals surface area (Å²) in [6.07, 6.45) is 2.60. The molecule has 0 spiro atoms. The molecule has 4 heteroatoms. The van der Waals surface area contributed by atoms with E-state index in [-0.39, 0.29) is 0 Å². The van der Waals surface area contributed by atoms with Crippen molar-refractivity contribution in [1.29, 1.82) is 0 Å². The number of hydrogen-bond acceptors (Lipinski definition) is 3. The molecule has 0 bridgehead atoms. The molecular weight excluding hydrogens is 304 g/mol. The van der Waals surface area contributed by atoms with E-state index in [9.17, 15) is 0 Å². The fourth-order valence-corrected chi connectivity index (χ4v) is 2.15. The smallest absolute Gasteiger partial charge is 0.196 e. The minimum Gasteiger partial charge on any atom is -0.441 e. The number of benzene rings is 1. The summed E-state index contributed by atoms with van der Waals surface area (Å²) in [7, 11) is 0. The average Bonchev–Trinajstić information content (AvgIpc) is 2.81. The molecule has 0 radical (unpaired) electrons. The fraction of sp³-hybridized carbons (Fsp3) is 0.400. The minimum absolute atomic E-state index is 0.488. The van der Waals surface area contributed by atoms with Crippen molar-refractivity contribution in [1.82, 2.24) is 10.3 Å². The van der Waals surface area contributed by atoms with Crippen molar-refractivity contribution >= 4 is 15.9 Å². The predicted molar refractivity (Wildman–Crippen MR) is 81.2 cm³/mol. The van der Waals surface area contributed by atoms with E-state index in [2.05, 4.69) is 65.2 Å². The summed E-state index contributed by atoms with van der Waals surface area (Å²) in [5, 5.41) is 3.35. The van der Waals surface area contributed by atoms with Gasteiger partial charge in [0.1, 0.15) is 0 Å². The molecule has 1 aromatic carbocycles. The SMILES string of the molecule is Cc1ccc(-c2cnc(CCNC(C)C)o2)cc1Br. The molecular formula is C15H19BrN2O. The molecule has 3 nitrogen and oxygen atoms in total. The van der Waals surface area contributed by atoms with Gasteiger partial charge < -0.3 is 9.73 Å². The van der Waals surface area contributed by atoms with E-state index in [0.717, 1.165) is 34.7 Å². The first-order valence-electron chi connectivity index (χ1n) is 6.51. The molecule has 0 saturated carbocycles. The summed E-state index contributed by atoms with van der Waals surface area (Å²) in [6.45, 7) is 7.21. The molecule has 2 rings (SSSR count). The maximum Gasteiger partial charge on any atom is 0.196 e. The highest BCUT2D eigenvalue weighted by Gasteiger charge is 2.07. The predicted octanol–water partition coefficient (Wildman–Crippen LogP) is 3.95. The van der Waals surface area contributed by atoms with E-state index in [1.165, 1.54) is 5.56 Å². The first kappa shape index (κ1) is 14.3. The Balaban J connectivity index is 2.05. The lowest BCUT2D eigenvalue weighted by Gasteiger charge is -2.05. The Morgan fingerprint density at radius 2 is 2.16 bits per heavy atom. The van der Waals surface area contributed by atoms with Gasteiger partial charge in [-0.3, -0.25) is 0 Å². The second kappa shape index (κ2) is 6.35. The number of aromatic nitrogens is 1. The molecule has 0 amide bonds. The normalized spacial score (nSPS) is 11.2. The van der Waals surface area contributed by atoms with Crippen molar-refractivity contribution in [2.24, 2.45) is 0 Å². The summed E-state index contributed by atoms with van der Waals surface area (Å²) in [5.74, 6) is 1.60. The lowest BCUT2D eigenvalue weighted by molar-refractivity contribution is 0.484. The molecule has 1 aromatic heterocycles. The molecule has 0 atom stereocenters. The van der Waals surface area contributed by atoms with E-state index in [0.29, 0.717) is 6.04 Å². The third-order valence-electron chi connectivity index (χ3n) is 2.90. The third-order valence-corrected chi connectivity index (χ3v) is 3.76. The van der Waals surface area contributed by atoms with Crippen molar-refractivity contribution in [2.75, 3.05) is 6.54 Å². The van der Waals surface area contributed by atoms with E-state index in [1.54, 1.807) is 6.20 Å². The zero-order valence-electron chi connectivity index (χ0n) is 11.5. The maximum atomic E-state index is 5.77. The molecule has 19 heavy (non-hydrogen) atoms. The van der Waals surface area contributed by atoms with Gasteiger partial charge in [-0.05, 0) is 18.6 Å². The van der Waals surface area contributed by atoms with Crippen LogP contribution in [0.4, 0.5) is 0 Å². The lowest BCUT2D eigenvalue weighted by Crippen LogP contribution is -2.24. The monoisotopic (exact) mass is 322 g/mol. The maximum absolute atomic E-state index is 5.77. The van der Waals surface area contributed by atoms with Crippen LogP contribution < -0.4 is 5.32 Å². The second-order valence-corrected chi connectivity index (χ2v) is 5.80. The molecule has 0 fully saturated rings. The van der Waals surface area contributed by atoms with Crippen LogP contribution in [0, 0.1) is 6.92 Å². The number of aryl methyl sites for hydroxylation is 1. The van der Waals surface area contributed by atoms with Crippen LogP contribution >= 0.6 is 15.9 Å². The van der Waals surface area contributed by atoms with Crippen LogP contribution in [0.1, 0.15) is 25.3 Å². The number of oxazole rings is 1. The van der Waals surface area contributed by atoms with Gasteiger partial charge in [0.25, 0.3) is 0 Å². The molecule has 0 aliphatic heterocycles. The number of nitrogens with one attached hydrogen (secondary N) is 1. The Morgan fingerprint density at radius 3 is 2.84 bits per heavy atom. The van der Waals surface area contributed by atoms with Gasteiger partial charge in [0.05, 0.1) is 6.20 Å². The molecule has 102 valence electrons. The zero-order chi connectivity index (χ0) is 13.8. The summed E-state index contributed by atoms with van der Waals surface area (Å²) in [6, 6.07) is 6.67. The highest BCUT2D eigenvalue weighted by molar-refractivity contribution is 9.10. The highest BCUT2D eigenvalue weighted by atomic mass is 79.9. The fourth-order valence-electron chi connectivity index (χ4n) is 1.77. The van der Waals surface area contributed by atoms with Crippen molar-refractivity contribution < 1.29 is 4.42 Å². The van der Waals surface area contributed by atoms with Crippen molar-refractivity contribution in [3.8, 4) is 11.3 Å². The number of hydrogen-bond donors (Lipinski definition) is 1. The van der Waals surface area contributed by atoms with Crippen LogP contribution in [0.5, 0.6) is 0 Å². The van der Waals surface area contributed by atoms with Crippen LogP contribution in [0.2, 0.25) is 0 Å². The Morgan fingerprint density at radius 1 is 1.37 bits per heavy atom. The van der Waals surface area contributed by atoms with Crippen LogP contribution in [-0.2, 0) is 6.42 Å². The van der Waals surface area contributed by atoms with Gasteiger partial charge in [-0.15, -0.1) is 0 Å². The summed E-state index contributed by atoms with van der Waals surface area (Å²) >= 11 is 3.54. The highest BCUT2D eigenvalue weighted by Crippen LogP contribution is 2.26. The first-order valence-corrected chi connectivity index (χ1v) is 7.30. The summed E-state index contributed by atoms with van der Waals surface area (Å²) in [5.41, 5.74) is 2.26. The van der Waals surface area contributed by atoms with Crippen LogP contribution in [-0.4, -0.2) is 17.6 Å². The Kier molecular flexibility index (Phi) is 4.77. The Hall–Kier alpha value is -1.13. The molecule has 2 aromatic rings. The van der Waals surface area contributed by atoms with Gasteiger partial charge >= 0.3 is 0 Å².